The fourth-order valence-corrected chi connectivity index (χ4v) is 4.23. The van der Waals surface area contributed by atoms with E-state index in [0.717, 1.165) is 5.56 Å². The lowest BCUT2D eigenvalue weighted by Gasteiger charge is -2.38. The Morgan fingerprint density at radius 1 is 1.03 bits per heavy atom. The summed E-state index contributed by atoms with van der Waals surface area (Å²) in [6.07, 6.45) is 0. The predicted molar refractivity (Wildman–Crippen MR) is 112 cm³/mol. The quantitative estimate of drug-likeness (QED) is 0.798. The van der Waals surface area contributed by atoms with Crippen molar-refractivity contribution in [3.8, 4) is 11.3 Å². The van der Waals surface area contributed by atoms with Crippen LogP contribution >= 0.6 is 11.3 Å². The van der Waals surface area contributed by atoms with Crippen LogP contribution in [0.1, 0.15) is 0 Å². The number of nitrogens with zero attached hydrogens (tertiary/aromatic N) is 4. The van der Waals surface area contributed by atoms with E-state index in [0.29, 0.717) is 63.3 Å². The number of rotatable bonds is 4. The van der Waals surface area contributed by atoms with Gasteiger partial charge in [-0.2, -0.15) is 0 Å². The first-order valence-electron chi connectivity index (χ1n) is 9.94. The SMILES string of the molecule is O=C(CN1CCN(C(=O)N2CCOCC2)CC1)Nc1nc(-c2ccc(F)cc2)cs1. The summed E-state index contributed by atoms with van der Waals surface area (Å²) in [7, 11) is 0. The van der Waals surface area contributed by atoms with Crippen molar-refractivity contribution in [3.63, 3.8) is 0 Å². The standard InChI is InChI=1S/C20H24FN5O3S/c21-16-3-1-15(2-4-16)17-14-30-19(22-17)23-18(27)13-24-5-7-25(8-6-24)20(28)26-9-11-29-12-10-26/h1-4,14H,5-13H2,(H,22,23,27). The highest BCUT2D eigenvalue weighted by atomic mass is 32.1. The van der Waals surface area contributed by atoms with E-state index < -0.39 is 0 Å². The Kier molecular flexibility index (Phi) is 6.56. The van der Waals surface area contributed by atoms with E-state index in [-0.39, 0.29) is 24.3 Å². The smallest absolute Gasteiger partial charge is 0.320 e. The summed E-state index contributed by atoms with van der Waals surface area (Å²) in [5.74, 6) is -0.433. The van der Waals surface area contributed by atoms with E-state index in [9.17, 15) is 14.0 Å². The van der Waals surface area contributed by atoms with Gasteiger partial charge in [0.2, 0.25) is 5.91 Å². The molecule has 1 aromatic carbocycles. The van der Waals surface area contributed by atoms with Crippen molar-refractivity contribution in [2.24, 2.45) is 0 Å². The van der Waals surface area contributed by atoms with Crippen molar-refractivity contribution in [1.82, 2.24) is 19.7 Å². The predicted octanol–water partition coefficient (Wildman–Crippen LogP) is 1.96. The van der Waals surface area contributed by atoms with E-state index in [1.807, 2.05) is 20.1 Å². The number of nitrogens with one attached hydrogen (secondary N) is 1. The summed E-state index contributed by atoms with van der Waals surface area (Å²) >= 11 is 1.34. The molecule has 1 aromatic heterocycles. The van der Waals surface area contributed by atoms with E-state index in [1.165, 1.54) is 23.5 Å². The highest BCUT2D eigenvalue weighted by Gasteiger charge is 2.27. The fourth-order valence-electron chi connectivity index (χ4n) is 3.50. The molecule has 0 saturated carbocycles. The molecule has 0 spiro atoms. The van der Waals surface area contributed by atoms with E-state index >= 15 is 0 Å². The normalized spacial score (nSPS) is 17.8. The first kappa shape index (κ1) is 20.7. The summed E-state index contributed by atoms with van der Waals surface area (Å²) in [5.41, 5.74) is 1.50. The maximum absolute atomic E-state index is 13.1. The fraction of sp³-hybridized carbons (Fsp3) is 0.450. The number of thiazole rings is 1. The Labute approximate surface area is 178 Å². The van der Waals surface area contributed by atoms with Crippen molar-refractivity contribution < 1.29 is 18.7 Å². The number of hydrogen-bond donors (Lipinski definition) is 1. The van der Waals surface area contributed by atoms with Crippen LogP contribution in [0.25, 0.3) is 11.3 Å². The third kappa shape index (κ3) is 5.13. The highest BCUT2D eigenvalue weighted by molar-refractivity contribution is 7.14. The van der Waals surface area contributed by atoms with Gasteiger partial charge in [0.05, 0.1) is 25.5 Å². The molecule has 30 heavy (non-hydrogen) atoms. The molecule has 3 heterocycles. The van der Waals surface area contributed by atoms with Gasteiger partial charge in [-0.1, -0.05) is 0 Å². The second kappa shape index (κ2) is 9.50. The molecule has 0 aliphatic carbocycles. The van der Waals surface area contributed by atoms with Gasteiger partial charge in [0.25, 0.3) is 0 Å². The molecule has 2 aromatic rings. The molecule has 8 nitrogen and oxygen atoms in total. The molecular weight excluding hydrogens is 409 g/mol. The summed E-state index contributed by atoms with van der Waals surface area (Å²) in [4.78, 5) is 35.0. The second-order valence-electron chi connectivity index (χ2n) is 7.24. The second-order valence-corrected chi connectivity index (χ2v) is 8.10. The van der Waals surface area contributed by atoms with Crippen molar-refractivity contribution in [1.29, 1.82) is 0 Å². The minimum atomic E-state index is -0.297. The van der Waals surface area contributed by atoms with Gasteiger partial charge in [0.1, 0.15) is 5.82 Å². The number of anilines is 1. The van der Waals surface area contributed by atoms with E-state index in [1.54, 1.807) is 12.1 Å². The largest absolute Gasteiger partial charge is 0.378 e. The van der Waals surface area contributed by atoms with Crippen molar-refractivity contribution >= 4 is 28.4 Å². The van der Waals surface area contributed by atoms with Crippen molar-refractivity contribution in [3.05, 3.63) is 35.5 Å². The molecule has 3 amide bonds. The molecule has 0 atom stereocenters. The van der Waals surface area contributed by atoms with Crippen LogP contribution in [0, 0.1) is 5.82 Å². The van der Waals surface area contributed by atoms with Crippen molar-refractivity contribution in [2.45, 2.75) is 0 Å². The zero-order chi connectivity index (χ0) is 20.9. The van der Waals surface area contributed by atoms with Crippen LogP contribution in [-0.4, -0.2) is 90.6 Å². The zero-order valence-electron chi connectivity index (χ0n) is 16.6. The summed E-state index contributed by atoms with van der Waals surface area (Å²) in [6.45, 7) is 5.22. The molecule has 2 aliphatic heterocycles. The molecule has 2 fully saturated rings. The van der Waals surface area contributed by atoms with Crippen LogP contribution in [0.3, 0.4) is 0 Å². The number of urea groups is 1. The highest BCUT2D eigenvalue weighted by Crippen LogP contribution is 2.25. The lowest BCUT2D eigenvalue weighted by molar-refractivity contribution is -0.117. The van der Waals surface area contributed by atoms with Gasteiger partial charge in [0.15, 0.2) is 5.13 Å². The lowest BCUT2D eigenvalue weighted by Crippen LogP contribution is -2.55. The topological polar surface area (TPSA) is 78.0 Å². The average molecular weight is 434 g/mol. The lowest BCUT2D eigenvalue weighted by atomic mass is 10.2. The number of hydrogen-bond acceptors (Lipinski definition) is 6. The number of piperazine rings is 1. The number of halogens is 1. The minimum Gasteiger partial charge on any atom is -0.378 e. The zero-order valence-corrected chi connectivity index (χ0v) is 17.4. The van der Waals surface area contributed by atoms with Gasteiger partial charge in [-0.25, -0.2) is 14.2 Å². The van der Waals surface area contributed by atoms with Crippen LogP contribution in [0.4, 0.5) is 14.3 Å². The number of benzene rings is 1. The molecule has 160 valence electrons. The van der Waals surface area contributed by atoms with Gasteiger partial charge in [-0.15, -0.1) is 11.3 Å². The van der Waals surface area contributed by atoms with Gasteiger partial charge in [-0.05, 0) is 24.3 Å². The Balaban J connectivity index is 1.23. The first-order valence-corrected chi connectivity index (χ1v) is 10.8. The van der Waals surface area contributed by atoms with Crippen LogP contribution < -0.4 is 5.32 Å². The number of aromatic nitrogens is 1. The summed E-state index contributed by atoms with van der Waals surface area (Å²) < 4.78 is 18.4. The van der Waals surface area contributed by atoms with Gasteiger partial charge in [0, 0.05) is 50.2 Å². The maximum Gasteiger partial charge on any atom is 0.320 e. The monoisotopic (exact) mass is 433 g/mol. The van der Waals surface area contributed by atoms with Gasteiger partial charge in [-0.3, -0.25) is 9.69 Å². The number of amides is 3. The molecule has 2 saturated heterocycles. The number of ether oxygens (including phenoxy) is 1. The molecule has 1 N–H and O–H groups in total. The average Bonchev–Trinajstić information content (AvgIpc) is 3.23. The molecular formula is C20H24FN5O3S. The van der Waals surface area contributed by atoms with Crippen LogP contribution in [0.5, 0.6) is 0 Å². The Morgan fingerprint density at radius 2 is 1.70 bits per heavy atom. The van der Waals surface area contributed by atoms with E-state index in [4.69, 9.17) is 4.74 Å². The third-order valence-electron chi connectivity index (χ3n) is 5.18. The van der Waals surface area contributed by atoms with E-state index in [2.05, 4.69) is 10.3 Å². The van der Waals surface area contributed by atoms with Crippen LogP contribution in [0.15, 0.2) is 29.6 Å². The molecule has 0 radical (unpaired) electrons. The minimum absolute atomic E-state index is 0.0542. The summed E-state index contributed by atoms with van der Waals surface area (Å²) in [5, 5.41) is 5.17. The molecule has 0 unspecified atom stereocenters. The molecule has 4 rings (SSSR count). The third-order valence-corrected chi connectivity index (χ3v) is 5.94. The number of morpholine rings is 1. The first-order chi connectivity index (χ1) is 14.6. The Morgan fingerprint density at radius 3 is 2.40 bits per heavy atom. The summed E-state index contributed by atoms with van der Waals surface area (Å²) in [6, 6.07) is 6.15. The van der Waals surface area contributed by atoms with Gasteiger partial charge < -0.3 is 19.9 Å². The van der Waals surface area contributed by atoms with Crippen molar-refractivity contribution in [2.75, 3.05) is 64.3 Å². The number of carbonyl (C=O) groups is 2. The van der Waals surface area contributed by atoms with Gasteiger partial charge >= 0.3 is 6.03 Å². The Hall–Kier alpha value is -2.56. The molecule has 10 heteroatoms. The van der Waals surface area contributed by atoms with Crippen LogP contribution in [-0.2, 0) is 9.53 Å². The maximum atomic E-state index is 13.1. The Bertz CT molecular complexity index is 877. The number of carbonyl (C=O) groups excluding carboxylic acids is 2. The molecule has 0 bridgehead atoms. The molecule has 2 aliphatic rings. The van der Waals surface area contributed by atoms with Crippen LogP contribution in [0.2, 0.25) is 0 Å².